The fraction of sp³-hybridized carbons (Fsp3) is 1.00. The molecule has 4 aliphatic rings. The Kier molecular flexibility index (Phi) is 2.35. The summed E-state index contributed by atoms with van der Waals surface area (Å²) in [7, 11) is 1.38. The van der Waals surface area contributed by atoms with Crippen LogP contribution in [0.25, 0.3) is 0 Å². The highest BCUT2D eigenvalue weighted by molar-refractivity contribution is 5.06. The molecule has 4 rings (SSSR count). The fourth-order valence-corrected chi connectivity index (χ4v) is 2.64. The van der Waals surface area contributed by atoms with Crippen molar-refractivity contribution >= 4 is 0 Å². The molecular weight excluding hydrogens is 232 g/mol. The Morgan fingerprint density at radius 3 is 2.47 bits per heavy atom. The molecule has 0 aromatic carbocycles. The maximum atomic E-state index is 10.4. The lowest BCUT2D eigenvalue weighted by molar-refractivity contribution is -0.485. The maximum absolute atomic E-state index is 10.4. The van der Waals surface area contributed by atoms with E-state index in [4.69, 9.17) is 23.7 Å². The Hall–Kier alpha value is -0.280. The molecule has 2 bridgehead atoms. The van der Waals surface area contributed by atoms with Crippen LogP contribution in [0.4, 0.5) is 0 Å². The number of fused-ring (bicyclic) bond motifs is 2. The van der Waals surface area contributed by atoms with Gasteiger partial charge in [-0.2, -0.15) is 0 Å². The van der Waals surface area contributed by atoms with Crippen LogP contribution in [0.5, 0.6) is 0 Å². The van der Waals surface area contributed by atoms with Gasteiger partial charge in [0.25, 0.3) is 5.79 Å². The van der Waals surface area contributed by atoms with Crippen LogP contribution in [0.15, 0.2) is 0 Å². The lowest BCUT2D eigenvalue weighted by atomic mass is 9.92. The van der Waals surface area contributed by atoms with Gasteiger partial charge in [-0.25, -0.2) is 0 Å². The minimum Gasteiger partial charge on any atom is -0.366 e. The first-order valence-electron chi connectivity index (χ1n) is 5.49. The van der Waals surface area contributed by atoms with Crippen LogP contribution >= 0.6 is 0 Å². The van der Waals surface area contributed by atoms with E-state index in [2.05, 4.69) is 0 Å². The summed E-state index contributed by atoms with van der Waals surface area (Å²) < 4.78 is 26.8. The Morgan fingerprint density at radius 1 is 1.12 bits per heavy atom. The monoisotopic (exact) mass is 248 g/mol. The molecule has 0 aromatic heterocycles. The zero-order valence-corrected chi connectivity index (χ0v) is 9.82. The predicted molar refractivity (Wildman–Crippen MR) is 51.5 cm³/mol. The molecule has 4 heterocycles. The zero-order valence-electron chi connectivity index (χ0n) is 9.82. The molecule has 6 atom stereocenters. The van der Waals surface area contributed by atoms with Gasteiger partial charge in [-0.15, -0.1) is 0 Å². The molecular formula is C10H16O7. The van der Waals surface area contributed by atoms with Gasteiger partial charge in [0, 0.05) is 7.11 Å². The lowest BCUT2D eigenvalue weighted by Crippen LogP contribution is -2.75. The molecule has 4 aliphatic heterocycles. The Labute approximate surface area is 98.2 Å². The summed E-state index contributed by atoms with van der Waals surface area (Å²) in [6, 6.07) is 0. The number of aliphatic hydroxyl groups excluding tert-OH is 1. The summed E-state index contributed by atoms with van der Waals surface area (Å²) in [5.74, 6) is -2.72. The molecule has 0 aromatic rings. The van der Waals surface area contributed by atoms with E-state index < -0.39 is 42.5 Å². The quantitative estimate of drug-likeness (QED) is 0.610. The average molecular weight is 248 g/mol. The van der Waals surface area contributed by atoms with Gasteiger partial charge in [0.1, 0.15) is 18.3 Å². The lowest BCUT2D eigenvalue weighted by Gasteiger charge is -2.53. The zero-order chi connectivity index (χ0) is 12.4. The van der Waals surface area contributed by atoms with E-state index >= 15 is 0 Å². The topological polar surface area (TPSA) is 86.6 Å². The SMILES string of the molecule is CO[C@H]1O[C@H]2[C@@H]3OC(C)(C)O[C@@H]3[C@]1(O)O[C@@H]2O. The van der Waals surface area contributed by atoms with Crippen LogP contribution < -0.4 is 0 Å². The fourth-order valence-electron chi connectivity index (χ4n) is 2.64. The standard InChI is InChI=1S/C10H16O7/c1-9(2)15-4-5-7(11)17-10(12,6(4)16-9)8(13-3)14-5/h4-8,11-12H,1-3H3/t4-,5-,6-,7-,8-,10-/m0/s1. The largest absolute Gasteiger partial charge is 0.366 e. The summed E-state index contributed by atoms with van der Waals surface area (Å²) in [6.07, 6.45) is -4.32. The van der Waals surface area contributed by atoms with E-state index in [1.54, 1.807) is 13.8 Å². The van der Waals surface area contributed by atoms with Gasteiger partial charge in [0.05, 0.1) is 0 Å². The van der Waals surface area contributed by atoms with Crippen molar-refractivity contribution in [3.63, 3.8) is 0 Å². The van der Waals surface area contributed by atoms with Crippen LogP contribution in [0.2, 0.25) is 0 Å². The Morgan fingerprint density at radius 2 is 1.82 bits per heavy atom. The van der Waals surface area contributed by atoms with Gasteiger partial charge in [0.15, 0.2) is 12.1 Å². The van der Waals surface area contributed by atoms with Crippen molar-refractivity contribution in [1.29, 1.82) is 0 Å². The van der Waals surface area contributed by atoms with Crippen LogP contribution in [0.3, 0.4) is 0 Å². The minimum absolute atomic E-state index is 0.579. The molecule has 98 valence electrons. The van der Waals surface area contributed by atoms with Gasteiger partial charge in [0.2, 0.25) is 6.29 Å². The van der Waals surface area contributed by atoms with E-state index in [-0.39, 0.29) is 0 Å². The summed E-state index contributed by atoms with van der Waals surface area (Å²) in [5.41, 5.74) is 0. The number of methoxy groups -OCH3 is 1. The van der Waals surface area contributed by atoms with Crippen LogP contribution in [0, 0.1) is 0 Å². The van der Waals surface area contributed by atoms with E-state index in [9.17, 15) is 10.2 Å². The first kappa shape index (κ1) is 11.8. The molecule has 17 heavy (non-hydrogen) atoms. The molecule has 7 heteroatoms. The van der Waals surface area contributed by atoms with Gasteiger partial charge >= 0.3 is 0 Å². The molecule has 2 N–H and O–H groups in total. The summed E-state index contributed by atoms with van der Waals surface area (Å²) in [4.78, 5) is 0. The van der Waals surface area contributed by atoms with Crippen LogP contribution in [-0.2, 0) is 23.7 Å². The second kappa shape index (κ2) is 3.39. The molecule has 4 fully saturated rings. The first-order valence-corrected chi connectivity index (χ1v) is 5.49. The third kappa shape index (κ3) is 1.48. The van der Waals surface area contributed by atoms with E-state index in [0.29, 0.717) is 0 Å². The molecule has 0 saturated carbocycles. The molecule has 7 nitrogen and oxygen atoms in total. The van der Waals surface area contributed by atoms with Crippen molar-refractivity contribution in [3.05, 3.63) is 0 Å². The summed E-state index contributed by atoms with van der Waals surface area (Å²) in [6.45, 7) is 3.45. The summed E-state index contributed by atoms with van der Waals surface area (Å²) in [5, 5.41) is 20.1. The van der Waals surface area contributed by atoms with Crippen molar-refractivity contribution in [2.75, 3.05) is 7.11 Å². The van der Waals surface area contributed by atoms with Crippen LogP contribution in [-0.4, -0.2) is 59.8 Å². The number of aliphatic hydroxyl groups is 2. The normalized spacial score (nSPS) is 55.9. The van der Waals surface area contributed by atoms with Gasteiger partial charge in [-0.1, -0.05) is 0 Å². The van der Waals surface area contributed by atoms with Crippen LogP contribution in [0.1, 0.15) is 13.8 Å². The number of ether oxygens (including phenoxy) is 5. The smallest absolute Gasteiger partial charge is 0.250 e. The van der Waals surface area contributed by atoms with Gasteiger partial charge < -0.3 is 33.9 Å². The molecule has 0 unspecified atom stereocenters. The second-order valence-electron chi connectivity index (χ2n) is 4.95. The highest BCUT2D eigenvalue weighted by atomic mass is 16.9. The van der Waals surface area contributed by atoms with E-state index in [1.807, 2.05) is 0 Å². The number of rotatable bonds is 1. The molecule has 0 radical (unpaired) electrons. The van der Waals surface area contributed by atoms with E-state index in [0.717, 1.165) is 0 Å². The van der Waals surface area contributed by atoms with Crippen molar-refractivity contribution < 1.29 is 33.9 Å². The third-order valence-corrected chi connectivity index (χ3v) is 3.28. The molecule has 0 aliphatic carbocycles. The third-order valence-electron chi connectivity index (χ3n) is 3.28. The van der Waals surface area contributed by atoms with Crippen molar-refractivity contribution in [3.8, 4) is 0 Å². The Bertz CT molecular complexity index is 333. The Balaban J connectivity index is 1.97. The van der Waals surface area contributed by atoms with Gasteiger partial charge in [-0.05, 0) is 13.8 Å². The highest BCUT2D eigenvalue weighted by Gasteiger charge is 2.70. The highest BCUT2D eigenvalue weighted by Crippen LogP contribution is 2.48. The summed E-state index contributed by atoms with van der Waals surface area (Å²) >= 11 is 0. The predicted octanol–water partition coefficient (Wildman–Crippen LogP) is -1.08. The van der Waals surface area contributed by atoms with Crippen molar-refractivity contribution in [1.82, 2.24) is 0 Å². The number of hydrogen-bond donors (Lipinski definition) is 2. The molecule has 4 saturated heterocycles. The van der Waals surface area contributed by atoms with E-state index in [1.165, 1.54) is 7.11 Å². The second-order valence-corrected chi connectivity index (χ2v) is 4.95. The average Bonchev–Trinajstić information content (AvgIpc) is 2.55. The van der Waals surface area contributed by atoms with Gasteiger partial charge in [-0.3, -0.25) is 0 Å². The molecule has 0 amide bonds. The van der Waals surface area contributed by atoms with Crippen molar-refractivity contribution in [2.24, 2.45) is 0 Å². The maximum Gasteiger partial charge on any atom is 0.250 e. The molecule has 0 spiro atoms. The minimum atomic E-state index is -1.86. The van der Waals surface area contributed by atoms with Crippen molar-refractivity contribution in [2.45, 2.75) is 56.3 Å². The number of hydrogen-bond acceptors (Lipinski definition) is 7. The first-order chi connectivity index (χ1) is 7.87.